The normalized spacial score (nSPS) is 11.2. The highest BCUT2D eigenvalue weighted by Crippen LogP contribution is 2.25. The van der Waals surface area contributed by atoms with Crippen LogP contribution in [0.1, 0.15) is 17.0 Å². The summed E-state index contributed by atoms with van der Waals surface area (Å²) >= 11 is 6.09. The summed E-state index contributed by atoms with van der Waals surface area (Å²) in [6.07, 6.45) is 0.348. The molecule has 0 unspecified atom stereocenters. The predicted octanol–water partition coefficient (Wildman–Crippen LogP) is 3.42. The summed E-state index contributed by atoms with van der Waals surface area (Å²) in [5, 5.41) is 0.418. The van der Waals surface area contributed by atoms with Crippen molar-refractivity contribution in [2.24, 2.45) is 12.8 Å². The maximum atomic E-state index is 13.9. The van der Waals surface area contributed by atoms with E-state index in [1.807, 2.05) is 29.8 Å². The molecule has 0 fully saturated rings. The standard InChI is InChI=1S/C16H15ClFN3/c1-21-14-7-2-4-10(9-19)16(14)20-15(21)8-11-12(17)5-3-6-13(11)18/h2-7H,8-9,19H2,1H3. The molecule has 2 aromatic carbocycles. The van der Waals surface area contributed by atoms with Gasteiger partial charge < -0.3 is 10.3 Å². The second-order valence-electron chi connectivity index (χ2n) is 4.95. The van der Waals surface area contributed by atoms with Gasteiger partial charge in [0, 0.05) is 30.6 Å². The fourth-order valence-electron chi connectivity index (χ4n) is 2.50. The van der Waals surface area contributed by atoms with Crippen molar-refractivity contribution in [1.82, 2.24) is 9.55 Å². The van der Waals surface area contributed by atoms with Crippen molar-refractivity contribution >= 4 is 22.6 Å². The lowest BCUT2D eigenvalue weighted by atomic mass is 10.1. The van der Waals surface area contributed by atoms with Gasteiger partial charge in [0.1, 0.15) is 11.6 Å². The number of benzene rings is 2. The molecule has 1 aromatic heterocycles. The fourth-order valence-corrected chi connectivity index (χ4v) is 2.73. The molecular formula is C16H15ClFN3. The molecule has 3 aromatic rings. The van der Waals surface area contributed by atoms with Gasteiger partial charge in [-0.15, -0.1) is 0 Å². The van der Waals surface area contributed by atoms with Crippen LogP contribution in [0.25, 0.3) is 11.0 Å². The molecule has 21 heavy (non-hydrogen) atoms. The van der Waals surface area contributed by atoms with Crippen molar-refractivity contribution in [3.05, 3.63) is 64.2 Å². The van der Waals surface area contributed by atoms with Crippen molar-refractivity contribution in [1.29, 1.82) is 0 Å². The van der Waals surface area contributed by atoms with Crippen LogP contribution in [0.3, 0.4) is 0 Å². The molecule has 0 aliphatic heterocycles. The van der Waals surface area contributed by atoms with Crippen molar-refractivity contribution in [2.75, 3.05) is 0 Å². The fraction of sp³-hybridized carbons (Fsp3) is 0.188. The Labute approximate surface area is 127 Å². The second-order valence-corrected chi connectivity index (χ2v) is 5.36. The van der Waals surface area contributed by atoms with E-state index in [4.69, 9.17) is 17.3 Å². The minimum absolute atomic E-state index is 0.311. The molecular weight excluding hydrogens is 289 g/mol. The van der Waals surface area contributed by atoms with Crippen LogP contribution in [0.5, 0.6) is 0 Å². The number of fused-ring (bicyclic) bond motifs is 1. The maximum absolute atomic E-state index is 13.9. The van der Waals surface area contributed by atoms with Gasteiger partial charge in [0.15, 0.2) is 0 Å². The number of para-hydroxylation sites is 1. The van der Waals surface area contributed by atoms with Crippen molar-refractivity contribution < 1.29 is 4.39 Å². The van der Waals surface area contributed by atoms with Crippen LogP contribution in [0.15, 0.2) is 36.4 Å². The van der Waals surface area contributed by atoms with Gasteiger partial charge in [-0.25, -0.2) is 9.37 Å². The van der Waals surface area contributed by atoms with Crippen LogP contribution in [-0.2, 0) is 20.0 Å². The van der Waals surface area contributed by atoms with Crippen LogP contribution in [-0.4, -0.2) is 9.55 Å². The zero-order valence-corrected chi connectivity index (χ0v) is 12.4. The molecule has 1 heterocycles. The Kier molecular flexibility index (Phi) is 3.66. The topological polar surface area (TPSA) is 43.8 Å². The number of hydrogen-bond acceptors (Lipinski definition) is 2. The molecule has 108 valence electrons. The third kappa shape index (κ3) is 2.41. The van der Waals surface area contributed by atoms with Crippen LogP contribution in [0, 0.1) is 5.82 Å². The van der Waals surface area contributed by atoms with Crippen molar-refractivity contribution in [3.63, 3.8) is 0 Å². The molecule has 2 N–H and O–H groups in total. The van der Waals surface area contributed by atoms with E-state index in [1.165, 1.54) is 6.07 Å². The lowest BCUT2D eigenvalue weighted by Gasteiger charge is -2.06. The van der Waals surface area contributed by atoms with E-state index >= 15 is 0 Å². The van der Waals surface area contributed by atoms with E-state index in [-0.39, 0.29) is 5.82 Å². The largest absolute Gasteiger partial charge is 0.331 e. The minimum Gasteiger partial charge on any atom is -0.331 e. The highest BCUT2D eigenvalue weighted by atomic mass is 35.5. The number of aryl methyl sites for hydroxylation is 1. The third-order valence-corrected chi connectivity index (χ3v) is 4.06. The zero-order valence-electron chi connectivity index (χ0n) is 11.6. The smallest absolute Gasteiger partial charge is 0.128 e. The molecule has 0 radical (unpaired) electrons. The SMILES string of the molecule is Cn1c(Cc2c(F)cccc2Cl)nc2c(CN)cccc21. The number of hydrogen-bond donors (Lipinski definition) is 1. The first-order valence-corrected chi connectivity index (χ1v) is 7.05. The Morgan fingerprint density at radius 3 is 2.71 bits per heavy atom. The Hall–Kier alpha value is -1.91. The van der Waals surface area contributed by atoms with Crippen molar-refractivity contribution in [2.45, 2.75) is 13.0 Å². The summed E-state index contributed by atoms with van der Waals surface area (Å²) in [5.41, 5.74) is 9.04. The molecule has 0 amide bonds. The highest BCUT2D eigenvalue weighted by Gasteiger charge is 2.14. The Balaban J connectivity index is 2.11. The average Bonchev–Trinajstić information content (AvgIpc) is 2.80. The summed E-state index contributed by atoms with van der Waals surface area (Å²) in [6.45, 7) is 0.425. The summed E-state index contributed by atoms with van der Waals surface area (Å²) in [6, 6.07) is 10.6. The molecule has 0 spiro atoms. The molecule has 3 nitrogen and oxygen atoms in total. The van der Waals surface area contributed by atoms with E-state index in [1.54, 1.807) is 12.1 Å². The lowest BCUT2D eigenvalue weighted by Crippen LogP contribution is -2.01. The van der Waals surface area contributed by atoms with Crippen LogP contribution in [0.2, 0.25) is 5.02 Å². The highest BCUT2D eigenvalue weighted by molar-refractivity contribution is 6.31. The first-order chi connectivity index (χ1) is 10.1. The van der Waals surface area contributed by atoms with Gasteiger partial charge in [0.2, 0.25) is 0 Å². The van der Waals surface area contributed by atoms with Crippen LogP contribution in [0.4, 0.5) is 4.39 Å². The summed E-state index contributed by atoms with van der Waals surface area (Å²) in [5.74, 6) is 0.450. The van der Waals surface area contributed by atoms with E-state index in [2.05, 4.69) is 4.98 Å². The molecule has 0 atom stereocenters. The van der Waals surface area contributed by atoms with Gasteiger partial charge in [-0.05, 0) is 23.8 Å². The maximum Gasteiger partial charge on any atom is 0.128 e. The first-order valence-electron chi connectivity index (χ1n) is 6.68. The quantitative estimate of drug-likeness (QED) is 0.806. The van der Waals surface area contributed by atoms with E-state index in [0.717, 1.165) is 22.4 Å². The number of nitrogens with two attached hydrogens (primary N) is 1. The average molecular weight is 304 g/mol. The summed E-state index contributed by atoms with van der Waals surface area (Å²) in [7, 11) is 1.92. The van der Waals surface area contributed by atoms with E-state index < -0.39 is 0 Å². The molecule has 5 heteroatoms. The molecule has 0 saturated heterocycles. The molecule has 3 rings (SSSR count). The Bertz CT molecular complexity index is 790. The van der Waals surface area contributed by atoms with E-state index in [9.17, 15) is 4.39 Å². The number of nitrogens with zero attached hydrogens (tertiary/aromatic N) is 2. The number of aromatic nitrogens is 2. The van der Waals surface area contributed by atoms with Crippen LogP contribution < -0.4 is 5.73 Å². The predicted molar refractivity (Wildman–Crippen MR) is 82.8 cm³/mol. The van der Waals surface area contributed by atoms with Gasteiger partial charge in [-0.3, -0.25) is 0 Å². The lowest BCUT2D eigenvalue weighted by molar-refractivity contribution is 0.611. The summed E-state index contributed by atoms with van der Waals surface area (Å²) < 4.78 is 15.9. The number of rotatable bonds is 3. The van der Waals surface area contributed by atoms with Crippen LogP contribution >= 0.6 is 11.6 Å². The Morgan fingerprint density at radius 1 is 1.24 bits per heavy atom. The number of halogens is 2. The van der Waals surface area contributed by atoms with Crippen molar-refractivity contribution in [3.8, 4) is 0 Å². The number of imidazole rings is 1. The van der Waals surface area contributed by atoms with Gasteiger partial charge in [0.25, 0.3) is 0 Å². The first kappa shape index (κ1) is 14.0. The summed E-state index contributed by atoms with van der Waals surface area (Å²) in [4.78, 5) is 4.62. The third-order valence-electron chi connectivity index (χ3n) is 3.70. The Morgan fingerprint density at radius 2 is 2.00 bits per heavy atom. The van der Waals surface area contributed by atoms with Gasteiger partial charge in [-0.1, -0.05) is 29.8 Å². The van der Waals surface area contributed by atoms with Gasteiger partial charge in [-0.2, -0.15) is 0 Å². The zero-order chi connectivity index (χ0) is 15.0. The molecule has 0 bridgehead atoms. The monoisotopic (exact) mass is 303 g/mol. The molecule has 0 aliphatic rings. The van der Waals surface area contributed by atoms with Gasteiger partial charge >= 0.3 is 0 Å². The molecule has 0 saturated carbocycles. The van der Waals surface area contributed by atoms with E-state index in [0.29, 0.717) is 23.6 Å². The van der Waals surface area contributed by atoms with Gasteiger partial charge in [0.05, 0.1) is 11.0 Å². The molecule has 0 aliphatic carbocycles. The minimum atomic E-state index is -0.311. The second kappa shape index (κ2) is 5.47.